The van der Waals surface area contributed by atoms with Crippen LogP contribution >= 0.6 is 0 Å². The number of hydrogen-bond donors (Lipinski definition) is 2. The van der Waals surface area contributed by atoms with Crippen molar-refractivity contribution in [2.24, 2.45) is 5.73 Å². The number of nitrogens with two attached hydrogens (primary N) is 1. The van der Waals surface area contributed by atoms with Crippen LogP contribution in [0.25, 0.3) is 11.4 Å². The van der Waals surface area contributed by atoms with Gasteiger partial charge in [0.25, 0.3) is 0 Å². The molecule has 0 aliphatic carbocycles. The quantitative estimate of drug-likeness (QED) is 0.785. The average Bonchev–Trinajstić information content (AvgIpc) is 2.59. The number of carboxylic acid groups (broad SMARTS) is 1. The van der Waals surface area contributed by atoms with E-state index in [9.17, 15) is 4.79 Å². The van der Waals surface area contributed by atoms with Crippen molar-refractivity contribution < 1.29 is 24.1 Å². The van der Waals surface area contributed by atoms with Gasteiger partial charge in [-0.2, -0.15) is 0 Å². The molecular weight excluding hydrogens is 314 g/mol. The molecule has 0 saturated carbocycles. The molecule has 2 rings (SSSR count). The number of benzene rings is 1. The molecule has 1 aromatic carbocycles. The van der Waals surface area contributed by atoms with E-state index in [-0.39, 0.29) is 6.42 Å². The van der Waals surface area contributed by atoms with Gasteiger partial charge in [-0.15, -0.1) is 0 Å². The molecule has 24 heavy (non-hydrogen) atoms. The van der Waals surface area contributed by atoms with Gasteiger partial charge in [0.1, 0.15) is 0 Å². The summed E-state index contributed by atoms with van der Waals surface area (Å²) in [4.78, 5) is 19.2. The molecule has 8 nitrogen and oxygen atoms in total. The van der Waals surface area contributed by atoms with Crippen molar-refractivity contribution in [2.45, 2.75) is 12.5 Å². The molecule has 3 N–H and O–H groups in total. The van der Waals surface area contributed by atoms with Gasteiger partial charge >= 0.3 is 5.97 Å². The summed E-state index contributed by atoms with van der Waals surface area (Å²) < 4.78 is 15.9. The third-order valence-corrected chi connectivity index (χ3v) is 3.42. The maximum Gasteiger partial charge on any atom is 0.305 e. The highest BCUT2D eigenvalue weighted by molar-refractivity contribution is 5.68. The lowest BCUT2D eigenvalue weighted by Crippen LogP contribution is -2.15. The summed E-state index contributed by atoms with van der Waals surface area (Å²) in [6.07, 6.45) is 2.84. The van der Waals surface area contributed by atoms with E-state index < -0.39 is 12.0 Å². The Hall–Kier alpha value is -2.87. The Labute approximate surface area is 139 Å². The average molecular weight is 333 g/mol. The summed E-state index contributed by atoms with van der Waals surface area (Å²) in [5, 5.41) is 8.78. The number of hydrogen-bond acceptors (Lipinski definition) is 7. The molecule has 0 radical (unpaired) electrons. The number of carboxylic acids is 1. The van der Waals surface area contributed by atoms with Gasteiger partial charge < -0.3 is 25.1 Å². The first-order valence-corrected chi connectivity index (χ1v) is 7.09. The van der Waals surface area contributed by atoms with Crippen LogP contribution in [0.2, 0.25) is 0 Å². The number of nitrogens with zero attached hydrogens (tertiary/aromatic N) is 2. The Kier molecular flexibility index (Phi) is 5.54. The molecular formula is C16H19N3O5. The molecule has 0 aliphatic rings. The van der Waals surface area contributed by atoms with E-state index in [2.05, 4.69) is 9.97 Å². The van der Waals surface area contributed by atoms with E-state index in [1.165, 1.54) is 33.7 Å². The number of carbonyl (C=O) groups is 1. The normalized spacial score (nSPS) is 11.7. The van der Waals surface area contributed by atoms with Crippen molar-refractivity contribution in [1.29, 1.82) is 0 Å². The molecule has 0 spiro atoms. The van der Waals surface area contributed by atoms with Gasteiger partial charge in [-0.1, -0.05) is 0 Å². The van der Waals surface area contributed by atoms with Crippen molar-refractivity contribution in [2.75, 3.05) is 21.3 Å². The predicted molar refractivity (Wildman–Crippen MR) is 86.3 cm³/mol. The standard InChI is InChI=1S/C16H19N3O5/c1-22-12-4-9(5-13(23-2)15(12)24-3)16-18-7-10(8-19-16)11(17)6-14(20)21/h4-5,7-8,11H,6,17H2,1-3H3,(H,20,21)/t11-/m0/s1. The number of rotatable bonds is 7. The van der Waals surface area contributed by atoms with E-state index in [4.69, 9.17) is 25.1 Å². The van der Waals surface area contributed by atoms with Crippen LogP contribution in [0.3, 0.4) is 0 Å². The second-order valence-electron chi connectivity index (χ2n) is 4.96. The van der Waals surface area contributed by atoms with Crippen LogP contribution < -0.4 is 19.9 Å². The van der Waals surface area contributed by atoms with Crippen molar-refractivity contribution in [3.63, 3.8) is 0 Å². The predicted octanol–water partition coefficient (Wildman–Crippen LogP) is 1.64. The number of methoxy groups -OCH3 is 3. The Morgan fingerprint density at radius 2 is 1.67 bits per heavy atom. The van der Waals surface area contributed by atoms with E-state index >= 15 is 0 Å². The minimum absolute atomic E-state index is 0.188. The summed E-state index contributed by atoms with van der Waals surface area (Å²) in [5.74, 6) is 0.907. The minimum atomic E-state index is -0.976. The number of aliphatic carboxylic acids is 1. The fourth-order valence-electron chi connectivity index (χ4n) is 2.19. The topological polar surface area (TPSA) is 117 Å². The molecule has 0 saturated heterocycles. The molecule has 0 fully saturated rings. The van der Waals surface area contributed by atoms with Gasteiger partial charge in [-0.05, 0) is 12.1 Å². The third kappa shape index (κ3) is 3.72. The van der Waals surface area contributed by atoms with Crippen molar-refractivity contribution in [3.05, 3.63) is 30.1 Å². The van der Waals surface area contributed by atoms with E-state index in [1.807, 2.05) is 0 Å². The van der Waals surface area contributed by atoms with Crippen LogP contribution in [0.4, 0.5) is 0 Å². The van der Waals surface area contributed by atoms with E-state index in [1.54, 1.807) is 12.1 Å². The molecule has 0 amide bonds. The van der Waals surface area contributed by atoms with E-state index in [0.717, 1.165) is 0 Å². The van der Waals surface area contributed by atoms with Crippen LogP contribution in [-0.2, 0) is 4.79 Å². The molecule has 0 bridgehead atoms. The molecule has 128 valence electrons. The summed E-state index contributed by atoms with van der Waals surface area (Å²) in [7, 11) is 4.57. The fourth-order valence-corrected chi connectivity index (χ4v) is 2.19. The Balaban J connectivity index is 2.36. The molecule has 2 aromatic rings. The Morgan fingerprint density at radius 3 is 2.08 bits per heavy atom. The lowest BCUT2D eigenvalue weighted by atomic mass is 10.1. The fraction of sp³-hybridized carbons (Fsp3) is 0.312. The van der Waals surface area contributed by atoms with Crippen molar-refractivity contribution >= 4 is 5.97 Å². The van der Waals surface area contributed by atoms with Crippen LogP contribution in [0.5, 0.6) is 17.2 Å². The molecule has 1 heterocycles. The first-order valence-electron chi connectivity index (χ1n) is 7.09. The van der Waals surface area contributed by atoms with Gasteiger partial charge in [0, 0.05) is 29.6 Å². The van der Waals surface area contributed by atoms with Gasteiger partial charge in [-0.25, -0.2) is 9.97 Å². The van der Waals surface area contributed by atoms with Crippen molar-refractivity contribution in [3.8, 4) is 28.6 Å². The minimum Gasteiger partial charge on any atom is -0.493 e. The Morgan fingerprint density at radius 1 is 1.12 bits per heavy atom. The molecule has 8 heteroatoms. The molecule has 0 unspecified atom stereocenters. The zero-order valence-corrected chi connectivity index (χ0v) is 13.6. The molecule has 0 aliphatic heterocycles. The number of aromatic nitrogens is 2. The maximum absolute atomic E-state index is 10.7. The highest BCUT2D eigenvalue weighted by Crippen LogP contribution is 2.40. The van der Waals surface area contributed by atoms with Gasteiger partial charge in [-0.3, -0.25) is 4.79 Å². The van der Waals surface area contributed by atoms with Crippen molar-refractivity contribution in [1.82, 2.24) is 9.97 Å². The van der Waals surface area contributed by atoms with Gasteiger partial charge in [0.2, 0.25) is 5.75 Å². The first kappa shape index (κ1) is 17.5. The van der Waals surface area contributed by atoms with Crippen LogP contribution in [0, 0.1) is 0 Å². The monoisotopic (exact) mass is 333 g/mol. The summed E-state index contributed by atoms with van der Waals surface area (Å²) in [5.41, 5.74) is 7.02. The lowest BCUT2D eigenvalue weighted by Gasteiger charge is -2.14. The van der Waals surface area contributed by atoms with Crippen LogP contribution in [0.15, 0.2) is 24.5 Å². The summed E-state index contributed by atoms with van der Waals surface area (Å²) in [6, 6.07) is 2.80. The largest absolute Gasteiger partial charge is 0.493 e. The summed E-state index contributed by atoms with van der Waals surface area (Å²) in [6.45, 7) is 0. The molecule has 1 atom stereocenters. The van der Waals surface area contributed by atoms with Gasteiger partial charge in [0.15, 0.2) is 17.3 Å². The van der Waals surface area contributed by atoms with E-state index in [0.29, 0.717) is 34.2 Å². The van der Waals surface area contributed by atoms with Crippen LogP contribution in [0.1, 0.15) is 18.0 Å². The zero-order chi connectivity index (χ0) is 17.7. The molecule has 1 aromatic heterocycles. The second-order valence-corrected chi connectivity index (χ2v) is 4.96. The second kappa shape index (κ2) is 7.60. The lowest BCUT2D eigenvalue weighted by molar-refractivity contribution is -0.137. The first-order chi connectivity index (χ1) is 11.5. The summed E-state index contributed by atoms with van der Waals surface area (Å²) >= 11 is 0. The number of ether oxygens (including phenoxy) is 3. The zero-order valence-electron chi connectivity index (χ0n) is 13.6. The smallest absolute Gasteiger partial charge is 0.305 e. The van der Waals surface area contributed by atoms with Crippen LogP contribution in [-0.4, -0.2) is 42.4 Å². The Bertz CT molecular complexity index is 693. The SMILES string of the molecule is COc1cc(-c2ncc([C@@H](N)CC(=O)O)cn2)cc(OC)c1OC. The highest BCUT2D eigenvalue weighted by atomic mass is 16.5. The van der Waals surface area contributed by atoms with Gasteiger partial charge in [0.05, 0.1) is 27.8 Å². The highest BCUT2D eigenvalue weighted by Gasteiger charge is 2.16. The maximum atomic E-state index is 10.7. The third-order valence-electron chi connectivity index (χ3n) is 3.42.